The molecule has 0 heterocycles. The van der Waals surface area contributed by atoms with Crippen LogP contribution < -0.4 is 0 Å². The third-order valence-corrected chi connectivity index (χ3v) is 3.96. The van der Waals surface area contributed by atoms with Crippen LogP contribution >= 0.6 is 0 Å². The highest BCUT2D eigenvalue weighted by atomic mass is 16.5. The quantitative estimate of drug-likeness (QED) is 0.755. The highest BCUT2D eigenvalue weighted by Crippen LogP contribution is 2.34. The maximum Gasteiger partial charge on any atom is 0.303 e. The van der Waals surface area contributed by atoms with Crippen molar-refractivity contribution in [3.63, 3.8) is 0 Å². The molecule has 0 aromatic carbocycles. The number of carboxylic acids is 1. The lowest BCUT2D eigenvalue weighted by molar-refractivity contribution is -0.140. The standard InChI is InChI=1S/C15H28O3/c1-11(2)10-18-12(3)14(9-15(16)17)13-7-5-4-6-8-13/h11-14H,4-10H2,1-3H3,(H,16,17). The van der Waals surface area contributed by atoms with E-state index < -0.39 is 5.97 Å². The Balaban J connectivity index is 2.54. The summed E-state index contributed by atoms with van der Waals surface area (Å²) in [6.45, 7) is 7.02. The molecular formula is C15H28O3. The van der Waals surface area contributed by atoms with Gasteiger partial charge in [-0.1, -0.05) is 46.0 Å². The zero-order chi connectivity index (χ0) is 13.5. The molecule has 18 heavy (non-hydrogen) atoms. The summed E-state index contributed by atoms with van der Waals surface area (Å²) in [5, 5.41) is 9.09. The molecule has 0 amide bonds. The molecule has 0 spiro atoms. The van der Waals surface area contributed by atoms with Crippen molar-refractivity contribution in [2.24, 2.45) is 17.8 Å². The first-order chi connectivity index (χ1) is 8.50. The van der Waals surface area contributed by atoms with Crippen LogP contribution in [0.15, 0.2) is 0 Å². The van der Waals surface area contributed by atoms with Crippen molar-refractivity contribution in [2.45, 2.75) is 65.4 Å². The van der Waals surface area contributed by atoms with E-state index in [0.29, 0.717) is 11.8 Å². The van der Waals surface area contributed by atoms with E-state index in [2.05, 4.69) is 13.8 Å². The zero-order valence-corrected chi connectivity index (χ0v) is 12.0. The number of rotatable bonds is 7. The Hall–Kier alpha value is -0.570. The Morgan fingerprint density at radius 3 is 2.33 bits per heavy atom. The molecule has 0 aromatic rings. The molecule has 1 N–H and O–H groups in total. The van der Waals surface area contributed by atoms with Gasteiger partial charge < -0.3 is 9.84 Å². The summed E-state index contributed by atoms with van der Waals surface area (Å²) < 4.78 is 5.86. The van der Waals surface area contributed by atoms with E-state index in [0.717, 1.165) is 6.61 Å². The van der Waals surface area contributed by atoms with Gasteiger partial charge in [-0.2, -0.15) is 0 Å². The monoisotopic (exact) mass is 256 g/mol. The first-order valence-corrected chi connectivity index (χ1v) is 7.34. The summed E-state index contributed by atoms with van der Waals surface area (Å²) in [6.07, 6.45) is 6.46. The SMILES string of the molecule is CC(C)COC(C)C(CC(=O)O)C1CCCCC1. The van der Waals surface area contributed by atoms with Crippen LogP contribution in [0.25, 0.3) is 0 Å². The topological polar surface area (TPSA) is 46.5 Å². The van der Waals surface area contributed by atoms with Crippen molar-refractivity contribution < 1.29 is 14.6 Å². The van der Waals surface area contributed by atoms with Crippen molar-refractivity contribution in [2.75, 3.05) is 6.61 Å². The highest BCUT2D eigenvalue weighted by molar-refractivity contribution is 5.67. The number of hydrogen-bond donors (Lipinski definition) is 1. The Bertz CT molecular complexity index is 244. The van der Waals surface area contributed by atoms with E-state index in [1.807, 2.05) is 6.92 Å². The van der Waals surface area contributed by atoms with Gasteiger partial charge in [0.05, 0.1) is 12.5 Å². The second-order valence-electron chi connectivity index (χ2n) is 6.09. The lowest BCUT2D eigenvalue weighted by Crippen LogP contribution is -2.32. The number of carboxylic acid groups (broad SMARTS) is 1. The number of hydrogen-bond acceptors (Lipinski definition) is 2. The van der Waals surface area contributed by atoms with Crippen molar-refractivity contribution >= 4 is 5.97 Å². The predicted molar refractivity (Wildman–Crippen MR) is 72.6 cm³/mol. The maximum atomic E-state index is 11.0. The summed E-state index contributed by atoms with van der Waals surface area (Å²) in [6, 6.07) is 0. The average Bonchev–Trinajstić information content (AvgIpc) is 2.34. The van der Waals surface area contributed by atoms with Gasteiger partial charge in [0.25, 0.3) is 0 Å². The van der Waals surface area contributed by atoms with E-state index in [9.17, 15) is 4.79 Å². The molecule has 1 rings (SSSR count). The van der Waals surface area contributed by atoms with E-state index >= 15 is 0 Å². The minimum Gasteiger partial charge on any atom is -0.481 e. The molecular weight excluding hydrogens is 228 g/mol. The van der Waals surface area contributed by atoms with Crippen molar-refractivity contribution in [3.05, 3.63) is 0 Å². The van der Waals surface area contributed by atoms with Gasteiger partial charge in [-0.25, -0.2) is 0 Å². The van der Waals surface area contributed by atoms with Crippen LogP contribution in [0, 0.1) is 17.8 Å². The lowest BCUT2D eigenvalue weighted by Gasteiger charge is -2.33. The fourth-order valence-electron chi connectivity index (χ4n) is 2.95. The number of aliphatic carboxylic acids is 1. The molecule has 0 aliphatic heterocycles. The molecule has 2 atom stereocenters. The molecule has 3 heteroatoms. The Labute approximate surface area is 111 Å². The average molecular weight is 256 g/mol. The molecule has 3 nitrogen and oxygen atoms in total. The van der Waals surface area contributed by atoms with Crippen LogP contribution in [0.4, 0.5) is 0 Å². The van der Waals surface area contributed by atoms with Crippen LogP contribution in [0.3, 0.4) is 0 Å². The Morgan fingerprint density at radius 2 is 1.83 bits per heavy atom. The number of ether oxygens (including phenoxy) is 1. The summed E-state index contributed by atoms with van der Waals surface area (Å²) >= 11 is 0. The molecule has 0 bridgehead atoms. The molecule has 2 unspecified atom stereocenters. The maximum absolute atomic E-state index is 11.0. The van der Waals surface area contributed by atoms with Gasteiger partial charge in [-0.15, -0.1) is 0 Å². The van der Waals surface area contributed by atoms with E-state index in [-0.39, 0.29) is 18.4 Å². The van der Waals surface area contributed by atoms with Crippen LogP contribution in [0.2, 0.25) is 0 Å². The van der Waals surface area contributed by atoms with Gasteiger partial charge in [0.1, 0.15) is 0 Å². The Morgan fingerprint density at radius 1 is 1.22 bits per heavy atom. The molecule has 1 aliphatic carbocycles. The fraction of sp³-hybridized carbons (Fsp3) is 0.933. The van der Waals surface area contributed by atoms with E-state index in [1.165, 1.54) is 32.1 Å². The third-order valence-electron chi connectivity index (χ3n) is 3.96. The Kier molecular flexibility index (Phi) is 6.69. The molecule has 1 aliphatic rings. The normalized spacial score (nSPS) is 20.9. The number of carbonyl (C=O) groups is 1. The summed E-state index contributed by atoms with van der Waals surface area (Å²) in [5.41, 5.74) is 0. The summed E-state index contributed by atoms with van der Waals surface area (Å²) in [5.74, 6) is 0.536. The highest BCUT2D eigenvalue weighted by Gasteiger charge is 2.30. The van der Waals surface area contributed by atoms with E-state index in [1.54, 1.807) is 0 Å². The van der Waals surface area contributed by atoms with Crippen LogP contribution in [0.1, 0.15) is 59.3 Å². The molecule has 1 saturated carbocycles. The third kappa shape index (κ3) is 5.38. The first kappa shape index (κ1) is 15.5. The van der Waals surface area contributed by atoms with Gasteiger partial charge in [0.2, 0.25) is 0 Å². The first-order valence-electron chi connectivity index (χ1n) is 7.34. The molecule has 1 fully saturated rings. The minimum atomic E-state index is -0.689. The molecule has 0 saturated heterocycles. The smallest absolute Gasteiger partial charge is 0.303 e. The summed E-state index contributed by atoms with van der Waals surface area (Å²) in [4.78, 5) is 11.0. The van der Waals surface area contributed by atoms with E-state index in [4.69, 9.17) is 9.84 Å². The summed E-state index contributed by atoms with van der Waals surface area (Å²) in [7, 11) is 0. The van der Waals surface area contributed by atoms with Gasteiger partial charge in [-0.05, 0) is 24.7 Å². The second kappa shape index (κ2) is 7.78. The zero-order valence-electron chi connectivity index (χ0n) is 12.0. The molecule has 0 aromatic heterocycles. The van der Waals surface area contributed by atoms with Gasteiger partial charge >= 0.3 is 5.97 Å². The van der Waals surface area contributed by atoms with Crippen molar-refractivity contribution in [1.29, 1.82) is 0 Å². The largest absolute Gasteiger partial charge is 0.481 e. The lowest BCUT2D eigenvalue weighted by atomic mass is 9.76. The van der Waals surface area contributed by atoms with Gasteiger partial charge in [-0.3, -0.25) is 4.79 Å². The predicted octanol–water partition coefficient (Wildman–Crippen LogP) is 3.72. The van der Waals surface area contributed by atoms with Crippen molar-refractivity contribution in [1.82, 2.24) is 0 Å². The van der Waals surface area contributed by atoms with Crippen LogP contribution in [-0.4, -0.2) is 23.8 Å². The fourth-order valence-corrected chi connectivity index (χ4v) is 2.95. The van der Waals surface area contributed by atoms with Crippen LogP contribution in [-0.2, 0) is 9.53 Å². The minimum absolute atomic E-state index is 0.0617. The second-order valence-corrected chi connectivity index (χ2v) is 6.09. The van der Waals surface area contributed by atoms with Gasteiger partial charge in [0.15, 0.2) is 0 Å². The van der Waals surface area contributed by atoms with Gasteiger partial charge in [0, 0.05) is 6.61 Å². The molecule has 106 valence electrons. The molecule has 0 radical (unpaired) electrons. The van der Waals surface area contributed by atoms with Crippen molar-refractivity contribution in [3.8, 4) is 0 Å². The van der Waals surface area contributed by atoms with Crippen LogP contribution in [0.5, 0.6) is 0 Å².